The highest BCUT2D eigenvalue weighted by molar-refractivity contribution is 5.92. The maximum absolute atomic E-state index is 12.2. The number of rotatable bonds is 0. The highest BCUT2D eigenvalue weighted by Gasteiger charge is 2.77. The molecule has 1 heterocycles. The van der Waals surface area contributed by atoms with Crippen LogP contribution >= 0.6 is 0 Å². The van der Waals surface area contributed by atoms with Crippen LogP contribution in [0.2, 0.25) is 0 Å². The first-order valence-electron chi connectivity index (χ1n) is 11.4. The van der Waals surface area contributed by atoms with Crippen molar-refractivity contribution in [2.75, 3.05) is 6.61 Å². The molecule has 0 aromatic carbocycles. The summed E-state index contributed by atoms with van der Waals surface area (Å²) in [6.07, 6.45) is 11.1. The van der Waals surface area contributed by atoms with Crippen LogP contribution in [-0.2, 0) is 9.53 Å². The van der Waals surface area contributed by atoms with Gasteiger partial charge in [-0.25, -0.2) is 0 Å². The fraction of sp³-hybridized carbons (Fsp3) is 0.880. The average molecular weight is 403 g/mol. The molecular weight excluding hydrogens is 360 g/mol. The Labute approximate surface area is 177 Å². The number of carbonyl (C=O) groups is 1. The van der Waals surface area contributed by atoms with Crippen molar-refractivity contribution in [1.82, 2.24) is 6.15 Å². The van der Waals surface area contributed by atoms with Crippen molar-refractivity contribution in [3.63, 3.8) is 0 Å². The third-order valence-electron chi connectivity index (χ3n) is 10.8. The van der Waals surface area contributed by atoms with E-state index in [0.29, 0.717) is 35.4 Å². The van der Waals surface area contributed by atoms with Crippen molar-refractivity contribution in [3.05, 3.63) is 11.6 Å². The Morgan fingerprint density at radius 2 is 1.90 bits per heavy atom. The van der Waals surface area contributed by atoms with E-state index in [1.807, 2.05) is 6.08 Å². The summed E-state index contributed by atoms with van der Waals surface area (Å²) in [6.45, 7) is 8.36. The third kappa shape index (κ3) is 2.19. The van der Waals surface area contributed by atoms with Gasteiger partial charge in [-0.1, -0.05) is 33.8 Å². The third-order valence-corrected chi connectivity index (χ3v) is 10.8. The number of ketones is 1. The van der Waals surface area contributed by atoms with Gasteiger partial charge >= 0.3 is 0 Å². The van der Waals surface area contributed by atoms with Crippen LogP contribution in [0, 0.1) is 40.4 Å². The Bertz CT molecular complexity index is 756. The van der Waals surface area contributed by atoms with Gasteiger partial charge in [0.2, 0.25) is 0 Å². The molecule has 1 aliphatic heterocycles. The maximum Gasteiger partial charge on any atom is 0.155 e. The normalized spacial score (nSPS) is 56.9. The van der Waals surface area contributed by atoms with Crippen LogP contribution in [0.1, 0.15) is 79.6 Å². The van der Waals surface area contributed by atoms with E-state index in [1.165, 1.54) is 44.1 Å². The molecule has 4 heteroatoms. The molecule has 9 atom stereocenters. The Balaban J connectivity index is 0.00000102. The van der Waals surface area contributed by atoms with Crippen LogP contribution in [0.15, 0.2) is 11.6 Å². The van der Waals surface area contributed by atoms with Crippen LogP contribution in [0.5, 0.6) is 0 Å². The van der Waals surface area contributed by atoms with Crippen LogP contribution in [0.25, 0.3) is 0 Å². The lowest BCUT2D eigenvalue weighted by Crippen LogP contribution is -2.69. The number of hydrogen-bond acceptors (Lipinski definition) is 4. The molecule has 5 fully saturated rings. The SMILES string of the molecule is C.C[C@@H]1C[C@H]2C3(N)C4CC4C4=CC(=O)CCC4(C)[C@H]3CCC2(C)[C@]12CCCO2.N. The van der Waals surface area contributed by atoms with E-state index in [4.69, 9.17) is 10.5 Å². The minimum absolute atomic E-state index is 0. The standard InChI is InChI=1S/C24H35NO2.CH4.H3N/c1-14-11-20-22(3,23(14)7-4-10-27-23)9-6-19-21(2)8-5-15(26)12-17(21)16-13-18(16)24(19,20)25;;/h12,14,16,18-20H,4-11,13,25H2,1-3H3;1H4;1H3/t14-,16?,18?,19-,20-,21?,22?,23+,24?;;/m1../s1. The molecule has 6 rings (SSSR count). The summed E-state index contributed by atoms with van der Waals surface area (Å²) in [5.41, 5.74) is 9.46. The summed E-state index contributed by atoms with van der Waals surface area (Å²) < 4.78 is 6.59. The summed E-state index contributed by atoms with van der Waals surface area (Å²) in [7, 11) is 0. The molecule has 0 radical (unpaired) electrons. The van der Waals surface area contributed by atoms with E-state index in [0.717, 1.165) is 19.4 Å². The van der Waals surface area contributed by atoms with Crippen molar-refractivity contribution >= 4 is 5.78 Å². The molecule has 5 unspecified atom stereocenters. The smallest absolute Gasteiger partial charge is 0.155 e. The highest BCUT2D eigenvalue weighted by Crippen LogP contribution is 2.77. The number of hydrogen-bond donors (Lipinski definition) is 2. The van der Waals surface area contributed by atoms with Gasteiger partial charge in [-0.15, -0.1) is 0 Å². The highest BCUT2D eigenvalue weighted by atomic mass is 16.5. The Morgan fingerprint density at radius 3 is 2.59 bits per heavy atom. The molecule has 0 amide bonds. The Morgan fingerprint density at radius 1 is 1.14 bits per heavy atom. The van der Waals surface area contributed by atoms with Crippen LogP contribution in [-0.4, -0.2) is 23.5 Å². The van der Waals surface area contributed by atoms with Gasteiger partial charge in [-0.2, -0.15) is 0 Å². The number of ether oxygens (including phenoxy) is 1. The van der Waals surface area contributed by atoms with Crippen LogP contribution in [0.3, 0.4) is 0 Å². The molecule has 29 heavy (non-hydrogen) atoms. The zero-order chi connectivity index (χ0) is 18.8. The zero-order valence-corrected chi connectivity index (χ0v) is 17.9. The predicted octanol–water partition coefficient (Wildman–Crippen LogP) is 5.05. The molecule has 164 valence electrons. The second-order valence-corrected chi connectivity index (χ2v) is 11.5. The number of carbonyl (C=O) groups excluding carboxylic acids is 1. The topological polar surface area (TPSA) is 87.3 Å². The first kappa shape index (κ1) is 21.5. The number of allylic oxidation sites excluding steroid dienone is 1. The van der Waals surface area contributed by atoms with Gasteiger partial charge in [0.1, 0.15) is 0 Å². The predicted molar refractivity (Wildman–Crippen MR) is 117 cm³/mol. The molecule has 0 bridgehead atoms. The van der Waals surface area contributed by atoms with Gasteiger partial charge in [0, 0.05) is 24.0 Å². The second kappa shape index (κ2) is 6.17. The average Bonchev–Trinajstić information content (AvgIpc) is 3.21. The largest absolute Gasteiger partial charge is 0.374 e. The molecule has 4 nitrogen and oxygen atoms in total. The lowest BCUT2D eigenvalue weighted by atomic mass is 9.43. The van der Waals surface area contributed by atoms with Gasteiger partial charge in [0.05, 0.1) is 5.60 Å². The maximum atomic E-state index is 12.2. The quantitative estimate of drug-likeness (QED) is 0.593. The number of nitrogens with two attached hydrogens (primary N) is 1. The van der Waals surface area contributed by atoms with Gasteiger partial charge in [-0.05, 0) is 86.0 Å². The second-order valence-electron chi connectivity index (χ2n) is 11.5. The molecular formula is C25H42N2O2. The molecule has 5 N–H and O–H groups in total. The van der Waals surface area contributed by atoms with E-state index in [-0.39, 0.29) is 35.5 Å². The first-order chi connectivity index (χ1) is 12.8. The van der Waals surface area contributed by atoms with Crippen molar-refractivity contribution < 1.29 is 9.53 Å². The van der Waals surface area contributed by atoms with Crippen molar-refractivity contribution in [2.45, 2.75) is 90.7 Å². The monoisotopic (exact) mass is 402 g/mol. The molecule has 1 saturated heterocycles. The van der Waals surface area contributed by atoms with E-state index in [9.17, 15) is 4.79 Å². The molecule has 0 aromatic heterocycles. The van der Waals surface area contributed by atoms with E-state index >= 15 is 0 Å². The van der Waals surface area contributed by atoms with E-state index in [1.54, 1.807) is 0 Å². The molecule has 1 spiro atoms. The van der Waals surface area contributed by atoms with Gasteiger partial charge in [0.15, 0.2) is 5.78 Å². The summed E-state index contributed by atoms with van der Waals surface area (Å²) in [4.78, 5) is 12.2. The first-order valence-corrected chi connectivity index (χ1v) is 11.4. The summed E-state index contributed by atoms with van der Waals surface area (Å²) in [5.74, 6) is 3.26. The van der Waals surface area contributed by atoms with Gasteiger partial charge in [-0.3, -0.25) is 4.79 Å². The minimum atomic E-state index is -0.0617. The van der Waals surface area contributed by atoms with Crippen LogP contribution < -0.4 is 11.9 Å². The molecule has 5 aliphatic carbocycles. The molecule has 4 saturated carbocycles. The Kier molecular flexibility index (Phi) is 4.58. The molecule has 0 aromatic rings. The fourth-order valence-corrected chi connectivity index (χ4v) is 9.56. The summed E-state index contributed by atoms with van der Waals surface area (Å²) in [5, 5.41) is 0. The molecule has 6 aliphatic rings. The van der Waals surface area contributed by atoms with Crippen molar-refractivity contribution in [2.24, 2.45) is 46.2 Å². The summed E-state index contributed by atoms with van der Waals surface area (Å²) in [6, 6.07) is 0. The van der Waals surface area contributed by atoms with Crippen LogP contribution in [0.4, 0.5) is 0 Å². The van der Waals surface area contributed by atoms with E-state index < -0.39 is 0 Å². The van der Waals surface area contributed by atoms with E-state index in [2.05, 4.69) is 20.8 Å². The zero-order valence-electron chi connectivity index (χ0n) is 17.9. The van der Waals surface area contributed by atoms with Crippen molar-refractivity contribution in [1.29, 1.82) is 0 Å². The minimum Gasteiger partial charge on any atom is -0.374 e. The van der Waals surface area contributed by atoms with Crippen molar-refractivity contribution in [3.8, 4) is 0 Å². The lowest BCUT2D eigenvalue weighted by molar-refractivity contribution is -0.155. The Hall–Kier alpha value is -0.710. The summed E-state index contributed by atoms with van der Waals surface area (Å²) >= 11 is 0. The lowest BCUT2D eigenvalue weighted by Gasteiger charge is -2.64. The van der Waals surface area contributed by atoms with Gasteiger partial charge in [0.25, 0.3) is 0 Å². The van der Waals surface area contributed by atoms with Gasteiger partial charge < -0.3 is 16.6 Å². The fourth-order valence-electron chi connectivity index (χ4n) is 9.56. The number of fused-ring (bicyclic) bond motifs is 9.